The molecule has 16 heavy (non-hydrogen) atoms. The summed E-state index contributed by atoms with van der Waals surface area (Å²) in [4.78, 5) is 0. The lowest BCUT2D eigenvalue weighted by Gasteiger charge is -2.02. The second-order valence-electron chi connectivity index (χ2n) is 4.16. The van der Waals surface area contributed by atoms with Crippen molar-refractivity contribution in [3.63, 3.8) is 0 Å². The van der Waals surface area contributed by atoms with Gasteiger partial charge in [-0.15, -0.1) is 0 Å². The van der Waals surface area contributed by atoms with Crippen LogP contribution < -0.4 is 5.73 Å². The molecule has 84 valence electrons. The molecule has 0 fully saturated rings. The highest BCUT2D eigenvalue weighted by Gasteiger charge is 2.02. The van der Waals surface area contributed by atoms with E-state index in [0.717, 1.165) is 12.1 Å². The van der Waals surface area contributed by atoms with Crippen LogP contribution in [0.2, 0.25) is 0 Å². The molecule has 3 nitrogen and oxygen atoms in total. The lowest BCUT2D eigenvalue weighted by atomic mass is 10.0. The molecule has 1 aromatic carbocycles. The van der Waals surface area contributed by atoms with Crippen LogP contribution in [0, 0.1) is 13.8 Å². The van der Waals surface area contributed by atoms with Gasteiger partial charge in [0.25, 0.3) is 0 Å². The molecule has 0 unspecified atom stereocenters. The molecule has 0 bridgehead atoms. The maximum Gasteiger partial charge on any atom is 0.0568 e. The topological polar surface area (TPSA) is 43.8 Å². The summed E-state index contributed by atoms with van der Waals surface area (Å²) in [7, 11) is 0. The smallest absolute Gasteiger partial charge is 0.0568 e. The van der Waals surface area contributed by atoms with Gasteiger partial charge >= 0.3 is 0 Å². The molecule has 0 aliphatic carbocycles. The molecule has 0 aliphatic rings. The van der Waals surface area contributed by atoms with Crippen molar-refractivity contribution in [2.24, 2.45) is 5.73 Å². The van der Waals surface area contributed by atoms with Crippen molar-refractivity contribution in [3.05, 3.63) is 41.7 Å². The Hall–Kier alpha value is -1.61. The van der Waals surface area contributed by atoms with E-state index in [1.54, 1.807) is 0 Å². The van der Waals surface area contributed by atoms with Crippen LogP contribution in [0.15, 0.2) is 30.6 Å². The molecule has 0 atom stereocenters. The van der Waals surface area contributed by atoms with Gasteiger partial charge in [-0.05, 0) is 19.4 Å². The summed E-state index contributed by atoms with van der Waals surface area (Å²) in [6.45, 7) is 5.61. The molecule has 0 aliphatic heterocycles. The lowest BCUT2D eigenvalue weighted by molar-refractivity contribution is 0.625. The molecular weight excluding hydrogens is 198 g/mol. The molecule has 3 heteroatoms. The fourth-order valence-electron chi connectivity index (χ4n) is 1.91. The molecule has 1 aromatic heterocycles. The minimum absolute atomic E-state index is 0.619. The zero-order valence-electron chi connectivity index (χ0n) is 9.77. The fourth-order valence-corrected chi connectivity index (χ4v) is 1.91. The number of rotatable bonds is 3. The van der Waals surface area contributed by atoms with Gasteiger partial charge in [0.1, 0.15) is 0 Å². The molecular formula is C13H17N3. The van der Waals surface area contributed by atoms with Crippen molar-refractivity contribution in [2.45, 2.75) is 20.4 Å². The van der Waals surface area contributed by atoms with Gasteiger partial charge in [-0.3, -0.25) is 4.68 Å². The van der Waals surface area contributed by atoms with Gasteiger partial charge in [0.2, 0.25) is 0 Å². The van der Waals surface area contributed by atoms with E-state index < -0.39 is 0 Å². The van der Waals surface area contributed by atoms with Gasteiger partial charge in [0, 0.05) is 18.3 Å². The van der Waals surface area contributed by atoms with Crippen molar-refractivity contribution >= 4 is 0 Å². The third-order valence-electron chi connectivity index (χ3n) is 2.55. The van der Waals surface area contributed by atoms with Crippen molar-refractivity contribution in [3.8, 4) is 11.1 Å². The van der Waals surface area contributed by atoms with Gasteiger partial charge in [0.15, 0.2) is 0 Å². The van der Waals surface area contributed by atoms with Crippen LogP contribution in [0.25, 0.3) is 11.1 Å². The summed E-state index contributed by atoms with van der Waals surface area (Å²) in [6, 6.07) is 6.53. The van der Waals surface area contributed by atoms with Crippen molar-refractivity contribution in [1.82, 2.24) is 9.78 Å². The quantitative estimate of drug-likeness (QED) is 0.852. The van der Waals surface area contributed by atoms with E-state index in [2.05, 4.69) is 37.1 Å². The van der Waals surface area contributed by atoms with E-state index in [-0.39, 0.29) is 0 Å². The van der Waals surface area contributed by atoms with Gasteiger partial charge in [-0.25, -0.2) is 0 Å². The first-order valence-electron chi connectivity index (χ1n) is 5.50. The molecule has 2 rings (SSSR count). The number of aryl methyl sites for hydroxylation is 2. The zero-order valence-corrected chi connectivity index (χ0v) is 9.77. The number of hydrogen-bond acceptors (Lipinski definition) is 2. The average Bonchev–Trinajstić information content (AvgIpc) is 2.65. The van der Waals surface area contributed by atoms with E-state index in [1.165, 1.54) is 16.7 Å². The van der Waals surface area contributed by atoms with Crippen molar-refractivity contribution < 1.29 is 0 Å². The van der Waals surface area contributed by atoms with Gasteiger partial charge in [-0.1, -0.05) is 29.3 Å². The minimum atomic E-state index is 0.619. The largest absolute Gasteiger partial charge is 0.329 e. The molecule has 0 spiro atoms. The second kappa shape index (κ2) is 4.49. The Bertz CT molecular complexity index is 465. The van der Waals surface area contributed by atoms with E-state index in [1.807, 2.05) is 17.1 Å². The van der Waals surface area contributed by atoms with Crippen LogP contribution in [-0.2, 0) is 6.54 Å². The maximum absolute atomic E-state index is 5.50. The van der Waals surface area contributed by atoms with E-state index in [4.69, 9.17) is 5.73 Å². The number of nitrogens with two attached hydrogens (primary N) is 1. The lowest BCUT2D eigenvalue weighted by Crippen LogP contribution is -2.09. The summed E-state index contributed by atoms with van der Waals surface area (Å²) in [5, 5.41) is 4.28. The molecule has 2 N–H and O–H groups in total. The molecule has 0 radical (unpaired) electrons. The Balaban J connectivity index is 2.34. The van der Waals surface area contributed by atoms with E-state index in [0.29, 0.717) is 6.54 Å². The van der Waals surface area contributed by atoms with Gasteiger partial charge in [-0.2, -0.15) is 5.10 Å². The maximum atomic E-state index is 5.50. The average molecular weight is 215 g/mol. The highest BCUT2D eigenvalue weighted by Crippen LogP contribution is 2.21. The normalized spacial score (nSPS) is 10.7. The highest BCUT2D eigenvalue weighted by atomic mass is 15.3. The first-order valence-corrected chi connectivity index (χ1v) is 5.50. The summed E-state index contributed by atoms with van der Waals surface area (Å²) < 4.78 is 1.88. The summed E-state index contributed by atoms with van der Waals surface area (Å²) >= 11 is 0. The third-order valence-corrected chi connectivity index (χ3v) is 2.55. The molecule has 1 heterocycles. The Morgan fingerprint density at radius 3 is 2.44 bits per heavy atom. The number of nitrogens with zero attached hydrogens (tertiary/aromatic N) is 2. The van der Waals surface area contributed by atoms with Crippen LogP contribution in [0.4, 0.5) is 0 Å². The number of hydrogen-bond donors (Lipinski definition) is 1. The standard InChI is InChI=1S/C13H17N3/c1-10-5-11(2)7-12(6-10)13-8-15-16(9-13)4-3-14/h5-9H,3-4,14H2,1-2H3. The Kier molecular flexibility index (Phi) is 3.06. The monoisotopic (exact) mass is 215 g/mol. The Labute approximate surface area is 95.9 Å². The molecule has 0 saturated heterocycles. The molecule has 2 aromatic rings. The predicted octanol–water partition coefficient (Wildman–Crippen LogP) is 2.13. The minimum Gasteiger partial charge on any atom is -0.329 e. The van der Waals surface area contributed by atoms with Crippen molar-refractivity contribution in [1.29, 1.82) is 0 Å². The van der Waals surface area contributed by atoms with Crippen LogP contribution in [0.1, 0.15) is 11.1 Å². The van der Waals surface area contributed by atoms with Crippen LogP contribution >= 0.6 is 0 Å². The third kappa shape index (κ3) is 2.31. The van der Waals surface area contributed by atoms with Crippen LogP contribution in [-0.4, -0.2) is 16.3 Å². The molecule has 0 amide bonds. The summed E-state index contributed by atoms with van der Waals surface area (Å²) in [5.41, 5.74) is 10.4. The predicted molar refractivity (Wildman–Crippen MR) is 66.2 cm³/mol. The van der Waals surface area contributed by atoms with E-state index in [9.17, 15) is 0 Å². The first-order chi connectivity index (χ1) is 7.69. The Morgan fingerprint density at radius 2 is 1.81 bits per heavy atom. The van der Waals surface area contributed by atoms with E-state index >= 15 is 0 Å². The van der Waals surface area contributed by atoms with Crippen molar-refractivity contribution in [2.75, 3.05) is 6.54 Å². The Morgan fingerprint density at radius 1 is 1.12 bits per heavy atom. The summed E-state index contributed by atoms with van der Waals surface area (Å²) in [5.74, 6) is 0. The number of aromatic nitrogens is 2. The first kappa shape index (κ1) is 10.9. The van der Waals surface area contributed by atoms with Crippen LogP contribution in [0.3, 0.4) is 0 Å². The highest BCUT2D eigenvalue weighted by molar-refractivity contribution is 5.63. The number of benzene rings is 1. The zero-order chi connectivity index (χ0) is 11.5. The van der Waals surface area contributed by atoms with Crippen LogP contribution in [0.5, 0.6) is 0 Å². The van der Waals surface area contributed by atoms with Gasteiger partial charge < -0.3 is 5.73 Å². The second-order valence-corrected chi connectivity index (χ2v) is 4.16. The molecule has 0 saturated carbocycles. The fraction of sp³-hybridized carbons (Fsp3) is 0.308. The van der Waals surface area contributed by atoms with Gasteiger partial charge in [0.05, 0.1) is 12.7 Å². The SMILES string of the molecule is Cc1cc(C)cc(-c2cnn(CCN)c2)c1. The summed E-state index contributed by atoms with van der Waals surface area (Å²) in [6.07, 6.45) is 3.94.